The highest BCUT2D eigenvalue weighted by Crippen LogP contribution is 2.32. The van der Waals surface area contributed by atoms with Gasteiger partial charge in [0.1, 0.15) is 6.26 Å². The van der Waals surface area contributed by atoms with Crippen molar-refractivity contribution in [3.63, 3.8) is 0 Å². The molecule has 0 N–H and O–H groups in total. The summed E-state index contributed by atoms with van der Waals surface area (Å²) >= 11 is 7.92. The first-order chi connectivity index (χ1) is 19.5. The Labute approximate surface area is 242 Å². The van der Waals surface area contributed by atoms with Crippen molar-refractivity contribution >= 4 is 29.3 Å². The number of carbonyl (C=O) groups is 1. The average Bonchev–Trinajstić information content (AvgIpc) is 3.62. The average molecular weight is 573 g/mol. The highest BCUT2D eigenvalue weighted by molar-refractivity contribution is 7.98. The first kappa shape index (κ1) is 27.6. The molecule has 0 fully saturated rings. The first-order valence-corrected chi connectivity index (χ1v) is 14.2. The molecule has 2 heterocycles. The molecular formula is C30H29ClN6O2S. The Bertz CT molecular complexity index is 1560. The molecule has 1 amide bonds. The minimum atomic E-state index is -0.167. The van der Waals surface area contributed by atoms with E-state index in [-0.39, 0.29) is 11.6 Å². The van der Waals surface area contributed by atoms with E-state index in [9.17, 15) is 4.79 Å². The molecule has 0 aliphatic carbocycles. The number of oxazole rings is 1. The zero-order valence-electron chi connectivity index (χ0n) is 22.3. The summed E-state index contributed by atoms with van der Waals surface area (Å²) in [7, 11) is 3.98. The van der Waals surface area contributed by atoms with Crippen molar-refractivity contribution in [3.05, 3.63) is 113 Å². The number of likely N-dealkylation sites (N-methyl/N-ethyl adjacent to an activating group) is 1. The normalized spacial score (nSPS) is 11.2. The van der Waals surface area contributed by atoms with Gasteiger partial charge in [0.25, 0.3) is 5.91 Å². The molecule has 10 heteroatoms. The van der Waals surface area contributed by atoms with E-state index in [0.29, 0.717) is 40.7 Å². The van der Waals surface area contributed by atoms with Gasteiger partial charge in [0, 0.05) is 30.9 Å². The van der Waals surface area contributed by atoms with Crippen molar-refractivity contribution in [2.45, 2.75) is 17.5 Å². The van der Waals surface area contributed by atoms with Crippen LogP contribution in [0.4, 0.5) is 0 Å². The van der Waals surface area contributed by atoms with Gasteiger partial charge < -0.3 is 14.2 Å². The summed E-state index contributed by atoms with van der Waals surface area (Å²) in [4.78, 5) is 21.8. The number of aromatic nitrogens is 4. The summed E-state index contributed by atoms with van der Waals surface area (Å²) in [6.07, 6.45) is 1.43. The molecule has 0 spiro atoms. The summed E-state index contributed by atoms with van der Waals surface area (Å²) in [5, 5.41) is 10.2. The molecule has 8 nitrogen and oxygen atoms in total. The molecular weight excluding hydrogens is 544 g/mol. The molecule has 0 aliphatic heterocycles. The minimum Gasteiger partial charge on any atom is -0.447 e. The second-order valence-electron chi connectivity index (χ2n) is 9.39. The Balaban J connectivity index is 1.35. The predicted molar refractivity (Wildman–Crippen MR) is 158 cm³/mol. The quantitative estimate of drug-likeness (QED) is 0.178. The predicted octanol–water partition coefficient (Wildman–Crippen LogP) is 6.07. The summed E-state index contributed by atoms with van der Waals surface area (Å²) in [5.74, 6) is 1.28. The van der Waals surface area contributed by atoms with Crippen LogP contribution in [-0.2, 0) is 12.3 Å². The molecule has 2 aromatic heterocycles. The number of carbonyl (C=O) groups excluding carboxylic acids is 1. The zero-order valence-corrected chi connectivity index (χ0v) is 23.8. The summed E-state index contributed by atoms with van der Waals surface area (Å²) in [5.41, 5.74) is 3.04. The van der Waals surface area contributed by atoms with E-state index in [1.165, 1.54) is 18.0 Å². The third-order valence-corrected chi connectivity index (χ3v) is 7.42. The lowest BCUT2D eigenvalue weighted by atomic mass is 10.2. The number of benzene rings is 3. The van der Waals surface area contributed by atoms with Gasteiger partial charge in [0.2, 0.25) is 5.89 Å². The molecule has 40 heavy (non-hydrogen) atoms. The van der Waals surface area contributed by atoms with E-state index in [4.69, 9.17) is 16.0 Å². The Morgan fingerprint density at radius 3 is 2.35 bits per heavy atom. The smallest absolute Gasteiger partial charge is 0.276 e. The maximum Gasteiger partial charge on any atom is 0.276 e. The summed E-state index contributed by atoms with van der Waals surface area (Å²) in [6, 6.07) is 27.4. The number of hydrogen-bond donors (Lipinski definition) is 0. The van der Waals surface area contributed by atoms with Crippen LogP contribution in [0.15, 0.2) is 101 Å². The van der Waals surface area contributed by atoms with Crippen molar-refractivity contribution in [1.82, 2.24) is 29.5 Å². The van der Waals surface area contributed by atoms with Gasteiger partial charge in [-0.1, -0.05) is 84.0 Å². The van der Waals surface area contributed by atoms with E-state index < -0.39 is 0 Å². The Kier molecular flexibility index (Phi) is 8.95. The van der Waals surface area contributed by atoms with Crippen molar-refractivity contribution in [2.75, 3.05) is 27.2 Å². The van der Waals surface area contributed by atoms with Gasteiger partial charge in [0.15, 0.2) is 16.7 Å². The second kappa shape index (κ2) is 13.0. The number of halogens is 1. The van der Waals surface area contributed by atoms with Crippen LogP contribution < -0.4 is 0 Å². The Hall–Kier alpha value is -3.92. The molecule has 0 saturated heterocycles. The third kappa shape index (κ3) is 6.62. The second-order valence-corrected chi connectivity index (χ2v) is 10.7. The maximum atomic E-state index is 13.4. The number of hydrogen-bond acceptors (Lipinski definition) is 7. The van der Waals surface area contributed by atoms with Gasteiger partial charge in [-0.25, -0.2) is 4.98 Å². The minimum absolute atomic E-state index is 0.167. The van der Waals surface area contributed by atoms with Gasteiger partial charge >= 0.3 is 0 Å². The van der Waals surface area contributed by atoms with Crippen LogP contribution in [0.1, 0.15) is 21.9 Å². The third-order valence-electron chi connectivity index (χ3n) is 6.18. The van der Waals surface area contributed by atoms with Gasteiger partial charge in [-0.2, -0.15) is 0 Å². The van der Waals surface area contributed by atoms with Gasteiger partial charge in [-0.05, 0) is 43.9 Å². The van der Waals surface area contributed by atoms with Gasteiger partial charge in [-0.3, -0.25) is 9.36 Å². The van der Waals surface area contributed by atoms with Gasteiger partial charge in [-0.15, -0.1) is 10.2 Å². The van der Waals surface area contributed by atoms with Crippen molar-refractivity contribution in [3.8, 4) is 17.1 Å². The van der Waals surface area contributed by atoms with Crippen LogP contribution in [0, 0.1) is 0 Å². The van der Waals surface area contributed by atoms with Crippen LogP contribution in [0.2, 0.25) is 5.02 Å². The van der Waals surface area contributed by atoms with Crippen LogP contribution in [-0.4, -0.2) is 62.6 Å². The van der Waals surface area contributed by atoms with E-state index in [1.54, 1.807) is 4.90 Å². The van der Waals surface area contributed by atoms with Gasteiger partial charge in [0.05, 0.1) is 10.8 Å². The molecule has 5 aromatic rings. The van der Waals surface area contributed by atoms with Crippen LogP contribution in [0.25, 0.3) is 17.1 Å². The van der Waals surface area contributed by atoms with Crippen molar-refractivity contribution in [1.29, 1.82) is 0 Å². The van der Waals surface area contributed by atoms with E-state index in [1.807, 2.05) is 104 Å². The summed E-state index contributed by atoms with van der Waals surface area (Å²) < 4.78 is 7.68. The Morgan fingerprint density at radius 1 is 0.925 bits per heavy atom. The highest BCUT2D eigenvalue weighted by Gasteiger charge is 2.22. The molecule has 0 unspecified atom stereocenters. The molecule has 204 valence electrons. The fourth-order valence-electron chi connectivity index (χ4n) is 4.13. The SMILES string of the molecule is CN(C)CCN(Cc1ccccc1)C(=O)c1coc(CSc2nnc(-c3ccccc3Cl)n2-c2ccccc2)n1. The summed E-state index contributed by atoms with van der Waals surface area (Å²) in [6.45, 7) is 1.81. The molecule has 0 bridgehead atoms. The molecule has 0 saturated carbocycles. The number of thioether (sulfide) groups is 1. The monoisotopic (exact) mass is 572 g/mol. The lowest BCUT2D eigenvalue weighted by Crippen LogP contribution is -2.36. The number of amides is 1. The fraction of sp³-hybridized carbons (Fsp3) is 0.200. The molecule has 3 aromatic carbocycles. The standard InChI is InChI=1S/C30H29ClN6O2S/c1-35(2)17-18-36(19-22-11-5-3-6-12-22)29(38)26-20-39-27(32-26)21-40-30-34-33-28(24-15-9-10-16-25(24)31)37(30)23-13-7-4-8-14-23/h3-16,20H,17-19,21H2,1-2H3. The Morgan fingerprint density at radius 2 is 1.62 bits per heavy atom. The van der Waals surface area contributed by atoms with E-state index in [2.05, 4.69) is 20.1 Å². The number of nitrogens with zero attached hydrogens (tertiary/aromatic N) is 6. The van der Waals surface area contributed by atoms with Crippen LogP contribution in [0.3, 0.4) is 0 Å². The molecule has 0 aliphatic rings. The molecule has 5 rings (SSSR count). The topological polar surface area (TPSA) is 80.3 Å². The highest BCUT2D eigenvalue weighted by atomic mass is 35.5. The zero-order chi connectivity index (χ0) is 27.9. The fourth-order valence-corrected chi connectivity index (χ4v) is 5.16. The lowest BCUT2D eigenvalue weighted by molar-refractivity contribution is 0.0726. The lowest BCUT2D eigenvalue weighted by Gasteiger charge is -2.23. The van der Waals surface area contributed by atoms with Crippen LogP contribution in [0.5, 0.6) is 0 Å². The molecule has 0 atom stereocenters. The largest absolute Gasteiger partial charge is 0.447 e. The van der Waals surface area contributed by atoms with E-state index >= 15 is 0 Å². The first-order valence-electron chi connectivity index (χ1n) is 12.8. The maximum absolute atomic E-state index is 13.4. The van der Waals surface area contributed by atoms with Crippen LogP contribution >= 0.6 is 23.4 Å². The van der Waals surface area contributed by atoms with Crippen molar-refractivity contribution < 1.29 is 9.21 Å². The van der Waals surface area contributed by atoms with E-state index in [0.717, 1.165) is 23.4 Å². The van der Waals surface area contributed by atoms with Crippen molar-refractivity contribution in [2.24, 2.45) is 0 Å². The number of rotatable bonds is 11. The molecule has 0 radical (unpaired) electrons. The number of para-hydroxylation sites is 1.